The van der Waals surface area contributed by atoms with E-state index in [2.05, 4.69) is 106 Å². The number of pyridine rings is 3. The highest BCUT2D eigenvalue weighted by Crippen LogP contribution is 2.42. The highest BCUT2D eigenvalue weighted by molar-refractivity contribution is 9.10. The highest BCUT2D eigenvalue weighted by Gasteiger charge is 2.34. The molecule has 3 saturated carbocycles. The Morgan fingerprint density at radius 3 is 1.18 bits per heavy atom. The molecule has 9 aromatic heterocycles. The van der Waals surface area contributed by atoms with Crippen molar-refractivity contribution in [2.75, 3.05) is 9.80 Å². The summed E-state index contributed by atoms with van der Waals surface area (Å²) in [6, 6.07) is 34.7. The molecule has 0 unspecified atom stereocenters. The van der Waals surface area contributed by atoms with E-state index in [-0.39, 0.29) is 35.5 Å². The quantitative estimate of drug-likeness (QED) is 0.0990. The first-order valence-electron chi connectivity index (χ1n) is 32.5. The van der Waals surface area contributed by atoms with Crippen LogP contribution >= 0.6 is 15.9 Å². The Morgan fingerprint density at radius 1 is 0.433 bits per heavy atom. The molecule has 3 fully saturated rings. The molecule has 3 aliphatic heterocycles. The number of carbonyl (C=O) groups is 3. The van der Waals surface area contributed by atoms with Crippen LogP contribution in [-0.4, -0.2) is 122 Å². The van der Waals surface area contributed by atoms with E-state index in [1.54, 1.807) is 23.8 Å². The van der Waals surface area contributed by atoms with E-state index < -0.39 is 0 Å². The number of aromatic nitrogens is 21. The van der Waals surface area contributed by atoms with E-state index in [9.17, 15) is 14.4 Å². The van der Waals surface area contributed by atoms with Crippen LogP contribution in [0, 0.1) is 0 Å². The summed E-state index contributed by atoms with van der Waals surface area (Å²) in [6.07, 6.45) is 19.1. The fourth-order valence-electron chi connectivity index (χ4n) is 11.9. The molecule has 0 atom stereocenters. The summed E-state index contributed by atoms with van der Waals surface area (Å²) in [5.74, 6) is 7.62. The molecule has 27 nitrogen and oxygen atoms in total. The number of imidazole rings is 3. The van der Waals surface area contributed by atoms with Crippen LogP contribution in [-0.2, 0) is 19.6 Å². The van der Waals surface area contributed by atoms with Gasteiger partial charge in [-0.1, -0.05) is 77.9 Å². The molecule has 12 heterocycles. The molecular formula is C69H67BrN24O3. The van der Waals surface area contributed by atoms with Crippen LogP contribution in [0.15, 0.2) is 151 Å². The Labute approximate surface area is 565 Å². The maximum atomic E-state index is 13.3. The molecule has 0 spiro atoms. The lowest BCUT2D eigenvalue weighted by Crippen LogP contribution is -2.24. The van der Waals surface area contributed by atoms with Crippen LogP contribution < -0.4 is 15.1 Å². The Kier molecular flexibility index (Phi) is 16.5. The summed E-state index contributed by atoms with van der Waals surface area (Å²) in [7, 11) is 0. The third-order valence-corrected chi connectivity index (χ3v) is 18.1. The molecule has 0 radical (unpaired) electrons. The number of tetrazole rings is 3. The topological polar surface area (TPSA) is 293 Å². The van der Waals surface area contributed by atoms with Crippen molar-refractivity contribution in [2.45, 2.75) is 135 Å². The van der Waals surface area contributed by atoms with Gasteiger partial charge >= 0.3 is 0 Å². The molecule has 3 aromatic carbocycles. The van der Waals surface area contributed by atoms with E-state index >= 15 is 0 Å². The molecule has 97 heavy (non-hydrogen) atoms. The highest BCUT2D eigenvalue weighted by atomic mass is 79.9. The van der Waals surface area contributed by atoms with Crippen LogP contribution in [0.1, 0.15) is 198 Å². The van der Waals surface area contributed by atoms with Gasteiger partial charge in [0, 0.05) is 94.4 Å². The number of anilines is 2. The Balaban J connectivity index is 0.000000111. The molecule has 488 valence electrons. The largest absolute Gasteiger partial charge is 0.348 e. The van der Waals surface area contributed by atoms with E-state index in [0.717, 1.165) is 78.6 Å². The van der Waals surface area contributed by atoms with Gasteiger partial charge in [-0.05, 0) is 175 Å². The van der Waals surface area contributed by atoms with Crippen LogP contribution in [0.5, 0.6) is 0 Å². The minimum atomic E-state index is -0.0603. The molecule has 0 bridgehead atoms. The van der Waals surface area contributed by atoms with Crippen molar-refractivity contribution in [3.63, 3.8) is 0 Å². The standard InChI is InChI=1S/2C23H22N8O.C14H13N3O.C9H10BrN5/c2*1-14(2)22-26-27-28-31(22)21-5-3-4-20(25-21)30-11-16-8-9-17(10-18(16)23(30)32)29-12-19(24-13-29)15-6-7-15;18-14-12-5-11(4-3-10(12)6-15-14)17-7-13(16-8-17)9-1-2-9;1-6(2)9-12-13-14-15(9)8-5-3-4-7(10)11-8/h2*3-5,8-10,12-15H,6-7,11H2,1-2H3;3-5,7-9H,1-2,6H2,(H,15,18);3-6H,1-2H3. The number of carbonyl (C=O) groups excluding carboxylic acids is 3. The monoisotopic (exact) mass is 1360 g/mol. The molecule has 28 heteroatoms. The number of benzene rings is 3. The van der Waals surface area contributed by atoms with E-state index in [1.165, 1.54) is 44.2 Å². The zero-order valence-electron chi connectivity index (χ0n) is 54.1. The number of rotatable bonds is 14. The molecule has 3 aliphatic carbocycles. The molecule has 1 N–H and O–H groups in total. The number of hydrogen-bond acceptors (Lipinski definition) is 18. The number of halogens is 1. The third-order valence-electron chi connectivity index (χ3n) is 17.6. The third kappa shape index (κ3) is 12.9. The molecular weight excluding hydrogens is 1290 g/mol. The second-order valence-corrected chi connectivity index (χ2v) is 26.6. The number of nitrogens with zero attached hydrogens (tertiary/aromatic N) is 23. The van der Waals surface area contributed by atoms with E-state index in [1.807, 2.05) is 183 Å². The van der Waals surface area contributed by atoms with Gasteiger partial charge in [0.05, 0.1) is 49.2 Å². The smallest absolute Gasteiger partial charge is 0.260 e. The lowest BCUT2D eigenvalue weighted by molar-refractivity contribution is 0.0962. The van der Waals surface area contributed by atoms with Gasteiger partial charge in [0.1, 0.15) is 16.2 Å². The van der Waals surface area contributed by atoms with Crippen molar-refractivity contribution in [3.8, 4) is 34.5 Å². The summed E-state index contributed by atoms with van der Waals surface area (Å²) < 4.78 is 11.6. The van der Waals surface area contributed by atoms with Gasteiger partial charge in [-0.2, -0.15) is 14.0 Å². The van der Waals surface area contributed by atoms with Gasteiger partial charge in [0.25, 0.3) is 17.7 Å². The van der Waals surface area contributed by atoms with Crippen molar-refractivity contribution in [1.82, 2.24) is 110 Å². The molecule has 0 saturated heterocycles. The fraction of sp³-hybridized carbons (Fsp3) is 0.304. The first kappa shape index (κ1) is 62.0. The lowest BCUT2D eigenvalue weighted by Gasteiger charge is -2.15. The van der Waals surface area contributed by atoms with Crippen LogP contribution in [0.3, 0.4) is 0 Å². The van der Waals surface area contributed by atoms with Crippen molar-refractivity contribution in [1.29, 1.82) is 0 Å². The van der Waals surface area contributed by atoms with Gasteiger partial charge in [-0.3, -0.25) is 24.2 Å². The van der Waals surface area contributed by atoms with Gasteiger partial charge in [0.15, 0.2) is 34.9 Å². The van der Waals surface area contributed by atoms with Gasteiger partial charge in [0.2, 0.25) is 0 Å². The summed E-state index contributed by atoms with van der Waals surface area (Å²) in [5, 5.41) is 38.3. The first-order chi connectivity index (χ1) is 47.2. The van der Waals surface area contributed by atoms with Crippen molar-refractivity contribution in [3.05, 3.63) is 219 Å². The number of hydrogen-bond donors (Lipinski definition) is 1. The van der Waals surface area contributed by atoms with Gasteiger partial charge in [-0.15, -0.1) is 15.3 Å². The maximum absolute atomic E-state index is 13.3. The molecule has 6 aliphatic rings. The predicted octanol–water partition coefficient (Wildman–Crippen LogP) is 10.7. The SMILES string of the molecule is CC(C)c1nnnn1-c1cccc(Br)n1.CC(C)c1nnnn1-c1cccc(N2Cc3ccc(-n4cnc(C5CC5)c4)cc3C2=O)n1.CC(C)c1nnnn1-c1cccc(N2Cc3ccc(-n4cnc(C5CC5)c4)cc3C2=O)n1.O=C1NCc2ccc(-n3cnc(C4CC4)c3)cc21. The van der Waals surface area contributed by atoms with Crippen LogP contribution in [0.4, 0.5) is 11.6 Å². The zero-order valence-corrected chi connectivity index (χ0v) is 55.7. The van der Waals surface area contributed by atoms with Gasteiger partial charge < -0.3 is 19.0 Å². The molecule has 18 rings (SSSR count). The Hall–Kier alpha value is -11.2. The lowest BCUT2D eigenvalue weighted by atomic mass is 10.1. The number of fused-ring (bicyclic) bond motifs is 3. The van der Waals surface area contributed by atoms with Crippen LogP contribution in [0.2, 0.25) is 0 Å². The van der Waals surface area contributed by atoms with Crippen molar-refractivity contribution >= 4 is 45.3 Å². The average Bonchev–Trinajstić information content (AvgIpc) is 1.71. The van der Waals surface area contributed by atoms with E-state index in [4.69, 9.17) is 9.97 Å². The predicted molar refractivity (Wildman–Crippen MR) is 360 cm³/mol. The Bertz CT molecular complexity index is 4740. The van der Waals surface area contributed by atoms with E-state index in [0.29, 0.717) is 71.8 Å². The second kappa shape index (κ2) is 25.9. The van der Waals surface area contributed by atoms with Crippen molar-refractivity contribution in [2.24, 2.45) is 0 Å². The van der Waals surface area contributed by atoms with Gasteiger partial charge in [-0.25, -0.2) is 29.9 Å². The summed E-state index contributed by atoms with van der Waals surface area (Å²) in [4.78, 5) is 68.8. The molecule has 3 amide bonds. The fourth-order valence-corrected chi connectivity index (χ4v) is 12.2. The molecule has 12 aromatic rings. The summed E-state index contributed by atoms with van der Waals surface area (Å²) in [5.41, 5.74) is 11.5. The number of amides is 3. The number of nitrogens with one attached hydrogen (secondary N) is 1. The summed E-state index contributed by atoms with van der Waals surface area (Å²) in [6.45, 7) is 13.8. The second-order valence-electron chi connectivity index (χ2n) is 25.8. The minimum Gasteiger partial charge on any atom is -0.348 e. The van der Waals surface area contributed by atoms with Crippen molar-refractivity contribution < 1.29 is 14.4 Å². The minimum absolute atomic E-state index is 0.0226. The average molecular weight is 1360 g/mol. The normalized spacial score (nSPS) is 15.3. The maximum Gasteiger partial charge on any atom is 0.260 e. The Morgan fingerprint density at radius 2 is 0.794 bits per heavy atom. The zero-order chi connectivity index (χ0) is 66.6. The van der Waals surface area contributed by atoms with Crippen LogP contribution in [0.25, 0.3) is 34.5 Å². The first-order valence-corrected chi connectivity index (χ1v) is 33.3. The summed E-state index contributed by atoms with van der Waals surface area (Å²) >= 11 is 3.32.